The van der Waals surface area contributed by atoms with E-state index in [1.54, 1.807) is 0 Å². The summed E-state index contributed by atoms with van der Waals surface area (Å²) in [5.74, 6) is -0.205. The molecule has 0 saturated carbocycles. The Hall–Kier alpha value is -1.97. The number of aromatic nitrogens is 1. The number of carbonyl (C=O) groups excluding carboxylic acids is 1. The van der Waals surface area contributed by atoms with E-state index in [2.05, 4.69) is 10.3 Å². The van der Waals surface area contributed by atoms with E-state index < -0.39 is 15.9 Å². The van der Waals surface area contributed by atoms with Gasteiger partial charge in [-0.2, -0.15) is 0 Å². The average Bonchev–Trinajstić information content (AvgIpc) is 3.15. The number of anilines is 1. The minimum absolute atomic E-state index is 0.0470. The maximum absolute atomic E-state index is 12.5. The van der Waals surface area contributed by atoms with Gasteiger partial charge in [-0.05, 0) is 37.5 Å². The molecule has 3 rings (SSSR count). The summed E-state index contributed by atoms with van der Waals surface area (Å²) < 4.78 is 31.1. The second kappa shape index (κ2) is 6.74. The van der Waals surface area contributed by atoms with E-state index in [9.17, 15) is 13.2 Å². The molecular weight excluding hydrogens is 362 g/mol. The van der Waals surface area contributed by atoms with Gasteiger partial charge in [-0.15, -0.1) is 11.3 Å². The van der Waals surface area contributed by atoms with Gasteiger partial charge in [0.05, 0.1) is 12.8 Å². The summed E-state index contributed by atoms with van der Waals surface area (Å²) >= 11 is 1.47. The van der Waals surface area contributed by atoms with E-state index in [0.717, 1.165) is 29.3 Å². The number of carbonyl (C=O) groups is 1. The highest BCUT2D eigenvalue weighted by Gasteiger charge is 2.24. The fourth-order valence-electron chi connectivity index (χ4n) is 2.63. The van der Waals surface area contributed by atoms with Gasteiger partial charge in [0.15, 0.2) is 5.13 Å². The second-order valence-corrected chi connectivity index (χ2v) is 9.05. The topological polar surface area (TPSA) is 88.6 Å². The average molecular weight is 381 g/mol. The van der Waals surface area contributed by atoms with Crippen LogP contribution in [-0.2, 0) is 22.9 Å². The molecule has 1 N–H and O–H groups in total. The van der Waals surface area contributed by atoms with Crippen LogP contribution in [0, 0.1) is 0 Å². The number of hydrogen-bond donors (Lipinski definition) is 1. The summed E-state index contributed by atoms with van der Waals surface area (Å²) in [5.41, 5.74) is 1.28. The van der Waals surface area contributed by atoms with Crippen molar-refractivity contribution in [2.75, 3.05) is 26.5 Å². The number of methoxy groups -OCH3 is 1. The summed E-state index contributed by atoms with van der Waals surface area (Å²) in [5, 5.41) is 3.30. The van der Waals surface area contributed by atoms with Gasteiger partial charge < -0.3 is 4.74 Å². The highest BCUT2D eigenvalue weighted by molar-refractivity contribution is 7.89. The van der Waals surface area contributed by atoms with E-state index in [1.165, 1.54) is 55.6 Å². The monoisotopic (exact) mass is 381 g/mol. The number of fused-ring (bicyclic) bond motifs is 1. The molecule has 0 fully saturated rings. The molecule has 0 atom stereocenters. The third kappa shape index (κ3) is 3.39. The molecule has 1 aromatic heterocycles. The van der Waals surface area contributed by atoms with Gasteiger partial charge in [-0.25, -0.2) is 17.7 Å². The minimum atomic E-state index is -3.73. The van der Waals surface area contributed by atoms with E-state index in [-0.39, 0.29) is 16.2 Å². The summed E-state index contributed by atoms with van der Waals surface area (Å²) in [6, 6.07) is 4.34. The predicted molar refractivity (Wildman–Crippen MR) is 96.0 cm³/mol. The fraction of sp³-hybridized carbons (Fsp3) is 0.375. The summed E-state index contributed by atoms with van der Waals surface area (Å²) in [7, 11) is 0.517. The Morgan fingerprint density at radius 1 is 1.32 bits per heavy atom. The van der Waals surface area contributed by atoms with Crippen LogP contribution in [-0.4, -0.2) is 44.8 Å². The number of nitrogens with zero attached hydrogens (tertiary/aromatic N) is 2. The van der Waals surface area contributed by atoms with Crippen LogP contribution in [0.4, 0.5) is 5.13 Å². The van der Waals surface area contributed by atoms with Crippen LogP contribution in [0.1, 0.15) is 27.3 Å². The lowest BCUT2D eigenvalue weighted by atomic mass is 10.2. The Morgan fingerprint density at radius 3 is 2.72 bits per heavy atom. The molecule has 1 heterocycles. The molecule has 9 heteroatoms. The molecule has 7 nitrogen and oxygen atoms in total. The van der Waals surface area contributed by atoms with E-state index in [1.807, 2.05) is 0 Å². The number of ether oxygens (including phenoxy) is 1. The van der Waals surface area contributed by atoms with Crippen molar-refractivity contribution >= 4 is 32.4 Å². The van der Waals surface area contributed by atoms with Crippen molar-refractivity contribution in [3.8, 4) is 5.75 Å². The minimum Gasteiger partial charge on any atom is -0.495 e. The SMILES string of the molecule is COc1ccc(C(=O)Nc2nc3c(s2)CCC3)cc1S(=O)(=O)N(C)C. The Balaban J connectivity index is 1.90. The highest BCUT2D eigenvalue weighted by atomic mass is 32.2. The first kappa shape index (κ1) is 17.8. The normalized spacial score (nSPS) is 13.8. The molecule has 0 spiro atoms. The first-order chi connectivity index (χ1) is 11.8. The van der Waals surface area contributed by atoms with Gasteiger partial charge in [0.25, 0.3) is 5.91 Å². The third-order valence-corrected chi connectivity index (χ3v) is 6.91. The Morgan fingerprint density at radius 2 is 2.08 bits per heavy atom. The maximum atomic E-state index is 12.5. The number of benzene rings is 1. The molecular formula is C16H19N3O4S2. The summed E-state index contributed by atoms with van der Waals surface area (Å²) in [6.45, 7) is 0. The first-order valence-corrected chi connectivity index (χ1v) is 9.99. The molecule has 1 amide bonds. The van der Waals surface area contributed by atoms with Gasteiger partial charge in [0.1, 0.15) is 10.6 Å². The van der Waals surface area contributed by atoms with Gasteiger partial charge in [-0.1, -0.05) is 0 Å². The highest BCUT2D eigenvalue weighted by Crippen LogP contribution is 2.31. The molecule has 0 saturated heterocycles. The van der Waals surface area contributed by atoms with Crippen LogP contribution in [0.3, 0.4) is 0 Å². The number of thiazole rings is 1. The number of amides is 1. The van der Waals surface area contributed by atoms with Crippen LogP contribution in [0.5, 0.6) is 5.75 Å². The molecule has 1 aliphatic carbocycles. The lowest BCUT2D eigenvalue weighted by Gasteiger charge is -2.15. The zero-order valence-electron chi connectivity index (χ0n) is 14.2. The Kier molecular flexibility index (Phi) is 4.81. The van der Waals surface area contributed by atoms with Crippen LogP contribution >= 0.6 is 11.3 Å². The predicted octanol–water partition coefficient (Wildman–Crippen LogP) is 2.14. The van der Waals surface area contributed by atoms with Crippen molar-refractivity contribution in [3.05, 3.63) is 34.3 Å². The van der Waals surface area contributed by atoms with Crippen molar-refractivity contribution in [1.82, 2.24) is 9.29 Å². The van der Waals surface area contributed by atoms with Gasteiger partial charge in [-0.3, -0.25) is 10.1 Å². The molecule has 2 aromatic rings. The molecule has 0 aliphatic heterocycles. The number of hydrogen-bond acceptors (Lipinski definition) is 6. The van der Waals surface area contributed by atoms with Crippen molar-refractivity contribution in [1.29, 1.82) is 0 Å². The number of sulfonamides is 1. The van der Waals surface area contributed by atoms with Crippen molar-refractivity contribution < 1.29 is 17.9 Å². The van der Waals surface area contributed by atoms with Gasteiger partial charge >= 0.3 is 0 Å². The zero-order valence-corrected chi connectivity index (χ0v) is 15.8. The largest absolute Gasteiger partial charge is 0.495 e. The van der Waals surface area contributed by atoms with Gasteiger partial charge in [0, 0.05) is 24.5 Å². The van der Waals surface area contributed by atoms with Crippen molar-refractivity contribution in [2.24, 2.45) is 0 Å². The summed E-state index contributed by atoms with van der Waals surface area (Å²) in [4.78, 5) is 18.1. The standard InChI is InChI=1S/C16H19N3O4S2/c1-19(2)25(21,22)14-9-10(7-8-12(14)23-3)15(20)18-16-17-11-5-4-6-13(11)24-16/h7-9H,4-6H2,1-3H3,(H,17,18,20). The van der Waals surface area contributed by atoms with Crippen LogP contribution < -0.4 is 10.1 Å². The van der Waals surface area contributed by atoms with Crippen LogP contribution in [0.25, 0.3) is 0 Å². The van der Waals surface area contributed by atoms with Gasteiger partial charge in [0.2, 0.25) is 10.0 Å². The third-order valence-electron chi connectivity index (χ3n) is 4.00. The van der Waals surface area contributed by atoms with E-state index in [4.69, 9.17) is 4.74 Å². The lowest BCUT2D eigenvalue weighted by molar-refractivity contribution is 0.102. The number of nitrogens with one attached hydrogen (secondary N) is 1. The Bertz CT molecular complexity index is 898. The Labute approximate surface area is 150 Å². The van der Waals surface area contributed by atoms with Crippen LogP contribution in [0.2, 0.25) is 0 Å². The number of aryl methyl sites for hydroxylation is 2. The van der Waals surface area contributed by atoms with Crippen molar-refractivity contribution in [3.63, 3.8) is 0 Å². The molecule has 1 aromatic carbocycles. The molecule has 0 radical (unpaired) electrons. The lowest BCUT2D eigenvalue weighted by Crippen LogP contribution is -2.23. The molecule has 134 valence electrons. The first-order valence-electron chi connectivity index (χ1n) is 7.73. The number of rotatable bonds is 5. The molecule has 0 unspecified atom stereocenters. The summed E-state index contributed by atoms with van der Waals surface area (Å²) in [6.07, 6.45) is 3.04. The quantitative estimate of drug-likeness (QED) is 0.857. The molecule has 0 bridgehead atoms. The van der Waals surface area contributed by atoms with E-state index in [0.29, 0.717) is 5.13 Å². The molecule has 1 aliphatic rings. The second-order valence-electron chi connectivity index (χ2n) is 5.85. The maximum Gasteiger partial charge on any atom is 0.257 e. The van der Waals surface area contributed by atoms with E-state index >= 15 is 0 Å². The van der Waals surface area contributed by atoms with Crippen molar-refractivity contribution in [2.45, 2.75) is 24.2 Å². The molecule has 25 heavy (non-hydrogen) atoms. The van der Waals surface area contributed by atoms with Crippen LogP contribution in [0.15, 0.2) is 23.1 Å². The zero-order chi connectivity index (χ0) is 18.2. The fourth-order valence-corrected chi connectivity index (χ4v) is 4.75. The smallest absolute Gasteiger partial charge is 0.257 e.